The van der Waals surface area contributed by atoms with Crippen LogP contribution in [0.2, 0.25) is 0 Å². The zero-order chi connectivity index (χ0) is 9.19. The number of sulfone groups is 1. The predicted molar refractivity (Wildman–Crippen MR) is 49.6 cm³/mol. The van der Waals surface area contributed by atoms with Gasteiger partial charge in [0.2, 0.25) is 0 Å². The van der Waals surface area contributed by atoms with E-state index in [1.165, 1.54) is 5.57 Å². The summed E-state index contributed by atoms with van der Waals surface area (Å²) in [6, 6.07) is 0.264. The summed E-state index contributed by atoms with van der Waals surface area (Å²) in [5, 5.41) is 0. The quantitative estimate of drug-likeness (QED) is 0.656. The van der Waals surface area contributed by atoms with Crippen LogP contribution in [0, 0.1) is 0 Å². The first kappa shape index (κ1) is 9.74. The van der Waals surface area contributed by atoms with E-state index < -0.39 is 9.84 Å². The Bertz CT molecular complexity index is 271. The molecule has 2 N–H and O–H groups in total. The van der Waals surface area contributed by atoms with Crippen LogP contribution in [0.5, 0.6) is 0 Å². The van der Waals surface area contributed by atoms with Gasteiger partial charge in [0.05, 0.1) is 5.75 Å². The van der Waals surface area contributed by atoms with Gasteiger partial charge in [0.25, 0.3) is 0 Å². The number of nitrogens with two attached hydrogens (primary N) is 1. The average molecular weight is 189 g/mol. The highest BCUT2D eigenvalue weighted by Gasteiger charge is 2.18. The molecule has 0 atom stereocenters. The minimum Gasteiger partial charge on any atom is -0.327 e. The van der Waals surface area contributed by atoms with Crippen molar-refractivity contribution < 1.29 is 8.42 Å². The Kier molecular flexibility index (Phi) is 2.90. The highest BCUT2D eigenvalue weighted by atomic mass is 32.2. The van der Waals surface area contributed by atoms with E-state index in [4.69, 9.17) is 5.73 Å². The molecule has 0 aromatic carbocycles. The van der Waals surface area contributed by atoms with Crippen LogP contribution in [-0.2, 0) is 9.84 Å². The van der Waals surface area contributed by atoms with E-state index in [1.807, 2.05) is 6.08 Å². The Morgan fingerprint density at radius 1 is 1.58 bits per heavy atom. The highest BCUT2D eigenvalue weighted by Crippen LogP contribution is 2.24. The van der Waals surface area contributed by atoms with Crippen LogP contribution in [-0.4, -0.2) is 26.0 Å². The molecule has 0 aromatic rings. The smallest absolute Gasteiger partial charge is 0.153 e. The second kappa shape index (κ2) is 3.58. The van der Waals surface area contributed by atoms with Gasteiger partial charge in [-0.2, -0.15) is 0 Å². The van der Waals surface area contributed by atoms with E-state index >= 15 is 0 Å². The molecule has 0 radical (unpaired) electrons. The Balaban J connectivity index is 2.40. The second-order valence-electron chi connectivity index (χ2n) is 3.23. The minimum atomic E-state index is -2.83. The lowest BCUT2D eigenvalue weighted by Crippen LogP contribution is -2.30. The molecule has 1 rings (SSSR count). The van der Waals surface area contributed by atoms with Crippen LogP contribution in [0.25, 0.3) is 0 Å². The summed E-state index contributed by atoms with van der Waals surface area (Å²) >= 11 is 0. The molecule has 0 heterocycles. The van der Waals surface area contributed by atoms with Gasteiger partial charge in [-0.1, -0.05) is 18.6 Å². The molecule has 1 saturated carbocycles. The molecule has 1 aliphatic rings. The van der Waals surface area contributed by atoms with Crippen LogP contribution in [0.4, 0.5) is 0 Å². The van der Waals surface area contributed by atoms with Gasteiger partial charge in [0, 0.05) is 11.8 Å². The lowest BCUT2D eigenvalue weighted by molar-refractivity contribution is 0.540. The molecule has 0 aromatic heterocycles. The van der Waals surface area contributed by atoms with Gasteiger partial charge in [-0.25, -0.2) is 8.42 Å². The van der Waals surface area contributed by atoms with Crippen molar-refractivity contribution in [3.63, 3.8) is 0 Å². The van der Waals surface area contributed by atoms with Crippen LogP contribution in [0.15, 0.2) is 11.6 Å². The second-order valence-corrected chi connectivity index (χ2v) is 5.63. The molecular formula is C8H15NO2S. The monoisotopic (exact) mass is 189 g/mol. The lowest BCUT2D eigenvalue weighted by atomic mass is 9.87. The third kappa shape index (κ3) is 2.60. The van der Waals surface area contributed by atoms with E-state index in [0.717, 1.165) is 12.8 Å². The molecular weight excluding hydrogens is 174 g/mol. The number of hydrogen-bond donors (Lipinski definition) is 1. The van der Waals surface area contributed by atoms with Crippen molar-refractivity contribution in [3.8, 4) is 0 Å². The van der Waals surface area contributed by atoms with E-state index in [2.05, 4.69) is 0 Å². The molecule has 0 amide bonds. The fourth-order valence-electron chi connectivity index (χ4n) is 1.14. The maximum Gasteiger partial charge on any atom is 0.153 e. The van der Waals surface area contributed by atoms with Gasteiger partial charge in [0.15, 0.2) is 9.84 Å². The average Bonchev–Trinajstić information content (AvgIpc) is 1.96. The highest BCUT2D eigenvalue weighted by molar-refractivity contribution is 7.91. The van der Waals surface area contributed by atoms with Crippen molar-refractivity contribution in [1.29, 1.82) is 0 Å². The van der Waals surface area contributed by atoms with Crippen LogP contribution < -0.4 is 5.73 Å². The summed E-state index contributed by atoms with van der Waals surface area (Å²) in [6.45, 7) is 1.67. The minimum absolute atomic E-state index is 0.186. The van der Waals surface area contributed by atoms with Gasteiger partial charge in [0.1, 0.15) is 0 Å². The van der Waals surface area contributed by atoms with Gasteiger partial charge in [-0.3, -0.25) is 0 Å². The number of hydrogen-bond acceptors (Lipinski definition) is 3. The molecule has 1 aliphatic carbocycles. The first-order chi connectivity index (χ1) is 5.53. The van der Waals surface area contributed by atoms with Gasteiger partial charge in [-0.05, 0) is 12.8 Å². The largest absolute Gasteiger partial charge is 0.327 e. The Morgan fingerprint density at radius 2 is 2.17 bits per heavy atom. The lowest BCUT2D eigenvalue weighted by Gasteiger charge is -2.25. The molecule has 3 nitrogen and oxygen atoms in total. The van der Waals surface area contributed by atoms with Crippen molar-refractivity contribution in [2.75, 3.05) is 11.5 Å². The summed E-state index contributed by atoms with van der Waals surface area (Å²) < 4.78 is 22.1. The molecule has 4 heteroatoms. The fraction of sp³-hybridized carbons (Fsp3) is 0.750. The predicted octanol–water partition coefficient (Wildman–Crippen LogP) is 0.469. The summed E-state index contributed by atoms with van der Waals surface area (Å²) in [5.74, 6) is 0.411. The first-order valence-electron chi connectivity index (χ1n) is 4.17. The zero-order valence-corrected chi connectivity index (χ0v) is 8.10. The van der Waals surface area contributed by atoms with Gasteiger partial charge in [-0.15, -0.1) is 0 Å². The molecule has 1 fully saturated rings. The summed E-state index contributed by atoms with van der Waals surface area (Å²) in [4.78, 5) is 0. The summed E-state index contributed by atoms with van der Waals surface area (Å²) in [6.07, 6.45) is 3.56. The van der Waals surface area contributed by atoms with Crippen LogP contribution >= 0.6 is 0 Å². The topological polar surface area (TPSA) is 60.2 Å². The van der Waals surface area contributed by atoms with E-state index in [1.54, 1.807) is 6.92 Å². The van der Waals surface area contributed by atoms with Crippen molar-refractivity contribution in [1.82, 2.24) is 0 Å². The molecule has 0 bridgehead atoms. The fourth-order valence-corrected chi connectivity index (χ4v) is 1.87. The number of rotatable bonds is 3. The Hall–Kier alpha value is -0.350. The van der Waals surface area contributed by atoms with Crippen LogP contribution in [0.3, 0.4) is 0 Å². The van der Waals surface area contributed by atoms with E-state index in [-0.39, 0.29) is 17.5 Å². The normalized spacial score (nSPS) is 23.5. The van der Waals surface area contributed by atoms with Crippen molar-refractivity contribution in [2.45, 2.75) is 25.8 Å². The molecule has 0 aliphatic heterocycles. The molecule has 70 valence electrons. The third-order valence-electron chi connectivity index (χ3n) is 2.11. The third-order valence-corrected chi connectivity index (χ3v) is 3.67. The summed E-state index contributed by atoms with van der Waals surface area (Å²) in [5.41, 5.74) is 6.74. The SMILES string of the molecule is CCS(=O)(=O)CC=C1CC(N)C1. The Labute approximate surface area is 73.6 Å². The van der Waals surface area contributed by atoms with E-state index in [0.29, 0.717) is 0 Å². The van der Waals surface area contributed by atoms with Gasteiger partial charge >= 0.3 is 0 Å². The van der Waals surface area contributed by atoms with E-state index in [9.17, 15) is 8.42 Å². The first-order valence-corrected chi connectivity index (χ1v) is 5.99. The molecule has 0 saturated heterocycles. The summed E-state index contributed by atoms with van der Waals surface area (Å²) in [7, 11) is -2.83. The molecule has 0 spiro atoms. The Morgan fingerprint density at radius 3 is 2.58 bits per heavy atom. The van der Waals surface area contributed by atoms with Crippen molar-refractivity contribution in [2.24, 2.45) is 5.73 Å². The van der Waals surface area contributed by atoms with Crippen LogP contribution in [0.1, 0.15) is 19.8 Å². The maximum atomic E-state index is 11.0. The van der Waals surface area contributed by atoms with Crippen molar-refractivity contribution in [3.05, 3.63) is 11.6 Å². The van der Waals surface area contributed by atoms with Gasteiger partial charge < -0.3 is 5.73 Å². The standard InChI is InChI=1S/C8H15NO2S/c1-2-12(10,11)4-3-7-5-8(9)6-7/h3,8H,2,4-6,9H2,1H3. The molecule has 0 unspecified atom stereocenters. The zero-order valence-electron chi connectivity index (χ0n) is 7.29. The molecule has 12 heavy (non-hydrogen) atoms. The van der Waals surface area contributed by atoms with Crippen molar-refractivity contribution >= 4 is 9.84 Å². The maximum absolute atomic E-state index is 11.0.